The fourth-order valence-corrected chi connectivity index (χ4v) is 3.17. The van der Waals surface area contributed by atoms with Crippen LogP contribution in [0.1, 0.15) is 36.5 Å². The lowest BCUT2D eigenvalue weighted by Gasteiger charge is -2.27. The zero-order valence-corrected chi connectivity index (χ0v) is 15.7. The number of carboxylic acid groups (broad SMARTS) is 1. The second-order valence-electron chi connectivity index (χ2n) is 6.56. The fraction of sp³-hybridized carbons (Fsp3) is 0.450. The number of hydrogen-bond donors (Lipinski definition) is 1. The molecule has 2 aromatic rings. The van der Waals surface area contributed by atoms with E-state index in [1.807, 2.05) is 24.9 Å². The number of hydrogen-bond acceptors (Lipinski definition) is 6. The molecule has 0 unspecified atom stereocenters. The van der Waals surface area contributed by atoms with Gasteiger partial charge in [0.2, 0.25) is 5.95 Å². The molecule has 1 saturated heterocycles. The topological polar surface area (TPSA) is 84.8 Å². The molecule has 0 aliphatic carbocycles. The van der Waals surface area contributed by atoms with Crippen LogP contribution in [0.15, 0.2) is 30.5 Å². The Morgan fingerprint density at radius 2 is 2.22 bits per heavy atom. The van der Waals surface area contributed by atoms with Gasteiger partial charge < -0.3 is 19.5 Å². The van der Waals surface area contributed by atoms with Gasteiger partial charge in [0.25, 0.3) is 0 Å². The minimum Gasteiger partial charge on any atom is -0.493 e. The SMILES string of the molecule is CCOc1ccc(-c2ccnc(N(C)C[C@@H]3CCCCO3)n2)cc1C(=O)O. The van der Waals surface area contributed by atoms with E-state index < -0.39 is 5.97 Å². The Bertz CT molecular complexity index is 791. The summed E-state index contributed by atoms with van der Waals surface area (Å²) in [5.74, 6) is -0.0804. The van der Waals surface area contributed by atoms with Crippen molar-refractivity contribution < 1.29 is 19.4 Å². The molecule has 144 valence electrons. The quantitative estimate of drug-likeness (QED) is 0.800. The van der Waals surface area contributed by atoms with Gasteiger partial charge in [-0.15, -0.1) is 0 Å². The van der Waals surface area contributed by atoms with Gasteiger partial charge in [-0.2, -0.15) is 0 Å². The summed E-state index contributed by atoms with van der Waals surface area (Å²) >= 11 is 0. The number of aromatic nitrogens is 2. The monoisotopic (exact) mass is 371 g/mol. The van der Waals surface area contributed by atoms with Crippen molar-refractivity contribution in [1.82, 2.24) is 9.97 Å². The molecule has 1 aromatic carbocycles. The highest BCUT2D eigenvalue weighted by Crippen LogP contribution is 2.27. The van der Waals surface area contributed by atoms with Crippen LogP contribution in [0.3, 0.4) is 0 Å². The van der Waals surface area contributed by atoms with E-state index in [1.165, 1.54) is 6.42 Å². The van der Waals surface area contributed by atoms with Gasteiger partial charge in [0, 0.05) is 32.0 Å². The maximum Gasteiger partial charge on any atom is 0.339 e. The van der Waals surface area contributed by atoms with E-state index in [1.54, 1.807) is 24.4 Å². The van der Waals surface area contributed by atoms with Crippen molar-refractivity contribution in [2.24, 2.45) is 0 Å². The van der Waals surface area contributed by atoms with Crippen LogP contribution in [0.4, 0.5) is 5.95 Å². The number of anilines is 1. The highest BCUT2D eigenvalue weighted by Gasteiger charge is 2.18. The number of likely N-dealkylation sites (N-methyl/N-ethyl adjacent to an activating group) is 1. The van der Waals surface area contributed by atoms with Gasteiger partial charge in [-0.1, -0.05) is 0 Å². The molecule has 0 amide bonds. The third-order valence-corrected chi connectivity index (χ3v) is 4.54. The minimum absolute atomic E-state index is 0.124. The number of carbonyl (C=O) groups is 1. The second-order valence-corrected chi connectivity index (χ2v) is 6.56. The van der Waals surface area contributed by atoms with E-state index in [0.717, 1.165) is 26.0 Å². The number of rotatable bonds is 7. The zero-order chi connectivity index (χ0) is 19.2. The van der Waals surface area contributed by atoms with E-state index in [-0.39, 0.29) is 11.7 Å². The number of benzene rings is 1. The van der Waals surface area contributed by atoms with Crippen molar-refractivity contribution in [3.63, 3.8) is 0 Å². The Hall–Kier alpha value is -2.67. The molecule has 1 N–H and O–H groups in total. The Morgan fingerprint density at radius 3 is 2.93 bits per heavy atom. The molecule has 0 radical (unpaired) electrons. The van der Waals surface area contributed by atoms with Gasteiger partial charge in [-0.25, -0.2) is 14.8 Å². The first-order valence-electron chi connectivity index (χ1n) is 9.24. The Kier molecular flexibility index (Phi) is 6.24. The average Bonchev–Trinajstić information content (AvgIpc) is 2.69. The Labute approximate surface area is 159 Å². The van der Waals surface area contributed by atoms with Crippen LogP contribution in [0, 0.1) is 0 Å². The van der Waals surface area contributed by atoms with Crippen LogP contribution in [0.25, 0.3) is 11.3 Å². The van der Waals surface area contributed by atoms with Gasteiger partial charge in [0.1, 0.15) is 11.3 Å². The van der Waals surface area contributed by atoms with Crippen LogP contribution >= 0.6 is 0 Å². The largest absolute Gasteiger partial charge is 0.493 e. The van der Waals surface area contributed by atoms with Crippen molar-refractivity contribution in [1.29, 1.82) is 0 Å². The van der Waals surface area contributed by atoms with Crippen LogP contribution < -0.4 is 9.64 Å². The van der Waals surface area contributed by atoms with E-state index in [9.17, 15) is 9.90 Å². The first-order chi connectivity index (χ1) is 13.1. The predicted molar refractivity (Wildman–Crippen MR) is 102 cm³/mol. The lowest BCUT2D eigenvalue weighted by atomic mass is 10.1. The average molecular weight is 371 g/mol. The summed E-state index contributed by atoms with van der Waals surface area (Å²) in [5, 5.41) is 9.45. The van der Waals surface area contributed by atoms with Crippen LogP contribution in [-0.4, -0.2) is 54.0 Å². The molecule has 0 bridgehead atoms. The van der Waals surface area contributed by atoms with Crippen molar-refractivity contribution in [3.8, 4) is 17.0 Å². The third-order valence-electron chi connectivity index (χ3n) is 4.54. The summed E-state index contributed by atoms with van der Waals surface area (Å²) in [6.07, 6.45) is 5.23. The van der Waals surface area contributed by atoms with Gasteiger partial charge >= 0.3 is 5.97 Å². The first kappa shape index (κ1) is 19.1. The lowest BCUT2D eigenvalue weighted by molar-refractivity contribution is 0.0214. The standard InChI is InChI=1S/C20H25N3O4/c1-3-26-18-8-7-14(12-16(18)19(24)25)17-9-10-21-20(22-17)23(2)13-15-6-4-5-11-27-15/h7-10,12,15H,3-6,11,13H2,1-2H3,(H,24,25)/t15-/m0/s1. The molecule has 1 atom stereocenters. The van der Waals surface area contributed by atoms with E-state index >= 15 is 0 Å². The highest BCUT2D eigenvalue weighted by molar-refractivity contribution is 5.92. The molecule has 27 heavy (non-hydrogen) atoms. The number of ether oxygens (including phenoxy) is 2. The highest BCUT2D eigenvalue weighted by atomic mass is 16.5. The summed E-state index contributed by atoms with van der Waals surface area (Å²) in [7, 11) is 1.94. The minimum atomic E-state index is -1.03. The van der Waals surface area contributed by atoms with Crippen LogP contribution in [0.2, 0.25) is 0 Å². The predicted octanol–water partition coefficient (Wildman–Crippen LogP) is 3.25. The molecule has 7 nitrogen and oxygen atoms in total. The molecule has 7 heteroatoms. The van der Waals surface area contributed by atoms with Crippen LogP contribution in [-0.2, 0) is 4.74 Å². The fourth-order valence-electron chi connectivity index (χ4n) is 3.17. The molecule has 0 spiro atoms. The van der Waals surface area contributed by atoms with Crippen molar-refractivity contribution >= 4 is 11.9 Å². The summed E-state index contributed by atoms with van der Waals surface area (Å²) in [4.78, 5) is 22.5. The van der Waals surface area contributed by atoms with Gasteiger partial charge in [0.05, 0.1) is 18.4 Å². The number of carboxylic acids is 1. The lowest BCUT2D eigenvalue weighted by Crippen LogP contribution is -2.34. The first-order valence-corrected chi connectivity index (χ1v) is 9.24. The molecular formula is C20H25N3O4. The number of aromatic carboxylic acids is 1. The normalized spacial score (nSPS) is 16.7. The molecule has 2 heterocycles. The Balaban J connectivity index is 1.82. The van der Waals surface area contributed by atoms with Crippen molar-refractivity contribution in [3.05, 3.63) is 36.0 Å². The molecule has 1 aromatic heterocycles. The Morgan fingerprint density at radius 1 is 1.37 bits per heavy atom. The van der Waals surface area contributed by atoms with Crippen molar-refractivity contribution in [2.75, 3.05) is 31.7 Å². The molecule has 1 fully saturated rings. The van der Waals surface area contributed by atoms with Gasteiger partial charge in [-0.05, 0) is 50.5 Å². The third kappa shape index (κ3) is 4.74. The van der Waals surface area contributed by atoms with E-state index in [4.69, 9.17) is 9.47 Å². The van der Waals surface area contributed by atoms with E-state index in [2.05, 4.69) is 9.97 Å². The zero-order valence-electron chi connectivity index (χ0n) is 15.7. The summed E-state index contributed by atoms with van der Waals surface area (Å²) < 4.78 is 11.2. The molecule has 3 rings (SSSR count). The molecule has 1 aliphatic heterocycles. The maximum absolute atomic E-state index is 11.5. The number of nitrogens with zero attached hydrogens (tertiary/aromatic N) is 3. The molecular weight excluding hydrogens is 346 g/mol. The molecule has 0 saturated carbocycles. The van der Waals surface area contributed by atoms with Crippen molar-refractivity contribution in [2.45, 2.75) is 32.3 Å². The molecule has 1 aliphatic rings. The van der Waals surface area contributed by atoms with E-state index in [0.29, 0.717) is 29.6 Å². The van der Waals surface area contributed by atoms with Crippen LogP contribution in [0.5, 0.6) is 5.75 Å². The summed E-state index contributed by atoms with van der Waals surface area (Å²) in [6.45, 7) is 3.77. The van der Waals surface area contributed by atoms with Gasteiger partial charge in [-0.3, -0.25) is 0 Å². The summed E-state index contributed by atoms with van der Waals surface area (Å²) in [5.41, 5.74) is 1.50. The summed E-state index contributed by atoms with van der Waals surface area (Å²) in [6, 6.07) is 6.84. The smallest absolute Gasteiger partial charge is 0.339 e. The maximum atomic E-state index is 11.5. The van der Waals surface area contributed by atoms with Gasteiger partial charge in [0.15, 0.2) is 0 Å². The second kappa shape index (κ2) is 8.81.